The molecule has 1 heterocycles. The summed E-state index contributed by atoms with van der Waals surface area (Å²) >= 11 is 6.11. The van der Waals surface area contributed by atoms with Gasteiger partial charge in [-0.15, -0.1) is 0 Å². The van der Waals surface area contributed by atoms with Crippen LogP contribution < -0.4 is 0 Å². The van der Waals surface area contributed by atoms with Crippen LogP contribution in [-0.2, 0) is 0 Å². The lowest BCUT2D eigenvalue weighted by Crippen LogP contribution is -1.97. The van der Waals surface area contributed by atoms with Gasteiger partial charge in [-0.1, -0.05) is 11.6 Å². The molecule has 1 aromatic carbocycles. The predicted molar refractivity (Wildman–Crippen MR) is 63.5 cm³/mol. The van der Waals surface area contributed by atoms with Crippen molar-refractivity contribution < 1.29 is 0 Å². The maximum Gasteiger partial charge on any atom is 0.140 e. The maximum absolute atomic E-state index is 6.11. The van der Waals surface area contributed by atoms with Gasteiger partial charge in [-0.25, -0.2) is 9.97 Å². The van der Waals surface area contributed by atoms with Crippen molar-refractivity contribution >= 4 is 22.5 Å². The molecule has 0 atom stereocenters. The van der Waals surface area contributed by atoms with E-state index < -0.39 is 0 Å². The molecule has 0 bridgehead atoms. The molecule has 0 fully saturated rings. The van der Waals surface area contributed by atoms with E-state index in [9.17, 15) is 0 Å². The van der Waals surface area contributed by atoms with Crippen molar-refractivity contribution in [3.63, 3.8) is 0 Å². The average Bonchev–Trinajstić information content (AvgIpc) is 2.23. The van der Waals surface area contributed by atoms with Gasteiger partial charge in [0, 0.05) is 5.39 Å². The number of aryl methyl sites for hydroxylation is 2. The van der Waals surface area contributed by atoms with Crippen LogP contribution in [0.2, 0.25) is 5.15 Å². The molecule has 3 heteroatoms. The maximum atomic E-state index is 6.11. The molecule has 0 aliphatic heterocycles. The van der Waals surface area contributed by atoms with Gasteiger partial charge < -0.3 is 0 Å². The van der Waals surface area contributed by atoms with E-state index in [1.54, 1.807) is 0 Å². The molecule has 2 aromatic rings. The van der Waals surface area contributed by atoms with E-state index >= 15 is 0 Å². The lowest BCUT2D eigenvalue weighted by molar-refractivity contribution is 1.17. The normalized spacial score (nSPS) is 11.0. The summed E-state index contributed by atoms with van der Waals surface area (Å²) < 4.78 is 0. The van der Waals surface area contributed by atoms with Gasteiger partial charge in [-0.2, -0.15) is 0 Å². The minimum atomic E-state index is 0.545. The summed E-state index contributed by atoms with van der Waals surface area (Å²) in [6, 6.07) is 0. The molecule has 2 nitrogen and oxygen atoms in total. The lowest BCUT2D eigenvalue weighted by atomic mass is 9.95. The highest BCUT2D eigenvalue weighted by molar-refractivity contribution is 6.34. The second-order valence-corrected chi connectivity index (χ2v) is 4.25. The monoisotopic (exact) mass is 220 g/mol. The Labute approximate surface area is 94.3 Å². The topological polar surface area (TPSA) is 25.8 Å². The molecular formula is C12H13ClN2. The van der Waals surface area contributed by atoms with Crippen molar-refractivity contribution in [1.82, 2.24) is 9.97 Å². The summed E-state index contributed by atoms with van der Waals surface area (Å²) in [6.07, 6.45) is 1.52. The highest BCUT2D eigenvalue weighted by Crippen LogP contribution is 2.30. The third-order valence-electron chi connectivity index (χ3n) is 3.22. The summed E-state index contributed by atoms with van der Waals surface area (Å²) in [7, 11) is 0. The van der Waals surface area contributed by atoms with E-state index in [1.807, 2.05) is 0 Å². The summed E-state index contributed by atoms with van der Waals surface area (Å²) in [5.41, 5.74) is 5.90. The Balaban J connectivity index is 3.08. The van der Waals surface area contributed by atoms with E-state index in [4.69, 9.17) is 11.6 Å². The second-order valence-electron chi connectivity index (χ2n) is 3.89. The molecule has 78 valence electrons. The first-order chi connectivity index (χ1) is 7.04. The minimum Gasteiger partial charge on any atom is -0.236 e. The van der Waals surface area contributed by atoms with Crippen LogP contribution in [0, 0.1) is 27.7 Å². The fourth-order valence-corrected chi connectivity index (χ4v) is 2.18. The van der Waals surface area contributed by atoms with Gasteiger partial charge in [0.15, 0.2) is 0 Å². The van der Waals surface area contributed by atoms with Crippen LogP contribution in [0.5, 0.6) is 0 Å². The SMILES string of the molecule is Cc1c(C)c(C)c2c(Cl)ncnc2c1C. The van der Waals surface area contributed by atoms with Crippen molar-refractivity contribution in [2.24, 2.45) is 0 Å². The largest absolute Gasteiger partial charge is 0.236 e. The highest BCUT2D eigenvalue weighted by atomic mass is 35.5. The van der Waals surface area contributed by atoms with E-state index in [0.717, 1.165) is 10.9 Å². The van der Waals surface area contributed by atoms with Crippen molar-refractivity contribution in [3.05, 3.63) is 33.7 Å². The molecule has 0 saturated heterocycles. The predicted octanol–water partition coefficient (Wildman–Crippen LogP) is 3.52. The molecule has 0 aliphatic rings. The Morgan fingerprint density at radius 1 is 0.867 bits per heavy atom. The molecule has 0 unspecified atom stereocenters. The van der Waals surface area contributed by atoms with E-state index in [0.29, 0.717) is 5.15 Å². The molecule has 0 spiro atoms. The van der Waals surface area contributed by atoms with Crippen LogP contribution in [-0.4, -0.2) is 9.97 Å². The number of aromatic nitrogens is 2. The first-order valence-corrected chi connectivity index (χ1v) is 5.28. The van der Waals surface area contributed by atoms with E-state index in [-0.39, 0.29) is 0 Å². The van der Waals surface area contributed by atoms with Gasteiger partial charge >= 0.3 is 0 Å². The molecule has 0 amide bonds. The smallest absolute Gasteiger partial charge is 0.140 e. The van der Waals surface area contributed by atoms with Crippen molar-refractivity contribution in [2.75, 3.05) is 0 Å². The highest BCUT2D eigenvalue weighted by Gasteiger charge is 2.12. The summed E-state index contributed by atoms with van der Waals surface area (Å²) in [4.78, 5) is 8.34. The molecule has 0 radical (unpaired) electrons. The van der Waals surface area contributed by atoms with Crippen molar-refractivity contribution in [1.29, 1.82) is 0 Å². The quantitative estimate of drug-likeness (QED) is 0.635. The molecule has 2 rings (SSSR count). The molecule has 1 aromatic heterocycles. The first-order valence-electron chi connectivity index (χ1n) is 4.90. The van der Waals surface area contributed by atoms with Gasteiger partial charge in [0.25, 0.3) is 0 Å². The fraction of sp³-hybridized carbons (Fsp3) is 0.333. The Kier molecular flexibility index (Phi) is 2.39. The van der Waals surface area contributed by atoms with Gasteiger partial charge in [-0.05, 0) is 49.9 Å². The van der Waals surface area contributed by atoms with Crippen molar-refractivity contribution in [3.8, 4) is 0 Å². The first kappa shape index (κ1) is 10.4. The van der Waals surface area contributed by atoms with Crippen LogP contribution in [0.25, 0.3) is 10.9 Å². The zero-order chi connectivity index (χ0) is 11.2. The Morgan fingerprint density at radius 2 is 1.47 bits per heavy atom. The molecule has 15 heavy (non-hydrogen) atoms. The van der Waals surface area contributed by atoms with Crippen LogP contribution in [0.4, 0.5) is 0 Å². The lowest BCUT2D eigenvalue weighted by Gasteiger charge is -2.13. The molecule has 0 saturated carbocycles. The third kappa shape index (κ3) is 1.40. The number of fused-ring (bicyclic) bond motifs is 1. The third-order valence-corrected chi connectivity index (χ3v) is 3.51. The van der Waals surface area contributed by atoms with E-state index in [2.05, 4.69) is 37.7 Å². The molecule has 0 N–H and O–H groups in total. The fourth-order valence-electron chi connectivity index (χ4n) is 1.91. The minimum absolute atomic E-state index is 0.545. The standard InChI is InChI=1S/C12H13ClN2/c1-6-7(2)9(4)11-10(8(6)3)12(13)15-5-14-11/h5H,1-4H3. The van der Waals surface area contributed by atoms with Gasteiger partial charge in [0.05, 0.1) is 5.52 Å². The second kappa shape index (κ2) is 3.46. The van der Waals surface area contributed by atoms with Crippen LogP contribution in [0.3, 0.4) is 0 Å². The van der Waals surface area contributed by atoms with Crippen molar-refractivity contribution in [2.45, 2.75) is 27.7 Å². The number of benzene rings is 1. The number of rotatable bonds is 0. The van der Waals surface area contributed by atoms with Gasteiger partial charge in [0.1, 0.15) is 11.5 Å². The zero-order valence-electron chi connectivity index (χ0n) is 9.35. The van der Waals surface area contributed by atoms with Gasteiger partial charge in [-0.3, -0.25) is 0 Å². The summed E-state index contributed by atoms with van der Waals surface area (Å²) in [6.45, 7) is 8.38. The van der Waals surface area contributed by atoms with Crippen LogP contribution in [0.1, 0.15) is 22.3 Å². The Bertz CT molecular complexity index is 547. The number of halogens is 1. The summed E-state index contributed by atoms with van der Waals surface area (Å²) in [5, 5.41) is 1.53. The molecular weight excluding hydrogens is 208 g/mol. The van der Waals surface area contributed by atoms with Gasteiger partial charge in [0.2, 0.25) is 0 Å². The zero-order valence-corrected chi connectivity index (χ0v) is 10.1. The number of nitrogens with zero attached hydrogens (tertiary/aromatic N) is 2. The van der Waals surface area contributed by atoms with Crippen LogP contribution >= 0.6 is 11.6 Å². The Hall–Kier alpha value is -1.15. The van der Waals surface area contributed by atoms with Crippen LogP contribution in [0.15, 0.2) is 6.33 Å². The molecule has 0 aliphatic carbocycles. The Morgan fingerprint density at radius 3 is 2.13 bits per heavy atom. The number of hydrogen-bond acceptors (Lipinski definition) is 2. The average molecular weight is 221 g/mol. The summed E-state index contributed by atoms with van der Waals surface area (Å²) in [5.74, 6) is 0. The van der Waals surface area contributed by atoms with E-state index in [1.165, 1.54) is 28.6 Å². The number of hydrogen-bond donors (Lipinski definition) is 0.